The number of nitrogens with zero attached hydrogens (tertiary/aromatic N) is 2. The molecule has 1 saturated heterocycles. The number of nitrogens with one attached hydrogen (secondary N) is 2. The Hall–Kier alpha value is -2.48. The van der Waals surface area contributed by atoms with Gasteiger partial charge in [0.2, 0.25) is 5.91 Å². The van der Waals surface area contributed by atoms with Crippen LogP contribution in [0.2, 0.25) is 5.02 Å². The van der Waals surface area contributed by atoms with Crippen LogP contribution in [-0.4, -0.2) is 41.3 Å². The van der Waals surface area contributed by atoms with E-state index in [0.717, 1.165) is 41.8 Å². The molecular formula is C24H25ClN4O2S. The molecule has 1 aliphatic heterocycles. The SMILES string of the molecule is Cc1cccc(Cl)c1NC(=O)c1ccc2nc(NC(=O)C3C[C@H]3CN3CCCC3)sc2c1. The normalized spacial score (nSPS) is 20.4. The van der Waals surface area contributed by atoms with Crippen LogP contribution in [-0.2, 0) is 4.79 Å². The Labute approximate surface area is 196 Å². The first-order chi connectivity index (χ1) is 15.5. The minimum atomic E-state index is -0.232. The number of anilines is 2. The summed E-state index contributed by atoms with van der Waals surface area (Å²) < 4.78 is 0.855. The zero-order chi connectivity index (χ0) is 22.2. The highest BCUT2D eigenvalue weighted by molar-refractivity contribution is 7.22. The first-order valence-corrected chi connectivity index (χ1v) is 12.2. The lowest BCUT2D eigenvalue weighted by molar-refractivity contribution is -0.117. The minimum absolute atomic E-state index is 0.0559. The number of carbonyl (C=O) groups excluding carboxylic acids is 2. The van der Waals surface area contributed by atoms with Crippen molar-refractivity contribution in [3.63, 3.8) is 0 Å². The van der Waals surface area contributed by atoms with Gasteiger partial charge in [-0.15, -0.1) is 0 Å². The molecule has 2 aliphatic rings. The Morgan fingerprint density at radius 3 is 2.78 bits per heavy atom. The third-order valence-corrected chi connectivity index (χ3v) is 7.54. The largest absolute Gasteiger partial charge is 0.320 e. The summed E-state index contributed by atoms with van der Waals surface area (Å²) in [6.45, 7) is 5.25. The maximum Gasteiger partial charge on any atom is 0.255 e. The van der Waals surface area contributed by atoms with E-state index in [-0.39, 0.29) is 17.7 Å². The Kier molecular flexibility index (Phi) is 5.88. The quantitative estimate of drug-likeness (QED) is 0.522. The van der Waals surface area contributed by atoms with Crippen molar-refractivity contribution < 1.29 is 9.59 Å². The fourth-order valence-electron chi connectivity index (χ4n) is 4.36. The van der Waals surface area contributed by atoms with Crippen LogP contribution in [0.15, 0.2) is 36.4 Å². The molecule has 0 radical (unpaired) electrons. The molecular weight excluding hydrogens is 444 g/mol. The highest BCUT2D eigenvalue weighted by Gasteiger charge is 2.44. The second-order valence-electron chi connectivity index (χ2n) is 8.69. The summed E-state index contributed by atoms with van der Waals surface area (Å²) in [6, 6.07) is 10.9. The van der Waals surface area contributed by atoms with Crippen LogP contribution in [0.25, 0.3) is 10.2 Å². The van der Waals surface area contributed by atoms with Crippen LogP contribution in [0.4, 0.5) is 10.8 Å². The van der Waals surface area contributed by atoms with E-state index in [0.29, 0.717) is 27.3 Å². The van der Waals surface area contributed by atoms with Gasteiger partial charge in [-0.05, 0) is 75.0 Å². The van der Waals surface area contributed by atoms with Crippen LogP contribution in [0.5, 0.6) is 0 Å². The molecule has 2 amide bonds. The van der Waals surface area contributed by atoms with Crippen molar-refractivity contribution in [2.75, 3.05) is 30.3 Å². The summed E-state index contributed by atoms with van der Waals surface area (Å²) in [5, 5.41) is 6.96. The molecule has 2 N–H and O–H groups in total. The molecule has 0 bridgehead atoms. The van der Waals surface area contributed by atoms with E-state index in [1.54, 1.807) is 18.2 Å². The van der Waals surface area contributed by atoms with Crippen LogP contribution < -0.4 is 10.6 Å². The van der Waals surface area contributed by atoms with Gasteiger partial charge in [-0.2, -0.15) is 0 Å². The average Bonchev–Trinajstić information content (AvgIpc) is 3.15. The second kappa shape index (κ2) is 8.81. The molecule has 1 saturated carbocycles. The van der Waals surface area contributed by atoms with Crippen LogP contribution >= 0.6 is 22.9 Å². The molecule has 3 aromatic rings. The van der Waals surface area contributed by atoms with Crippen molar-refractivity contribution >= 4 is 55.8 Å². The number of aromatic nitrogens is 1. The van der Waals surface area contributed by atoms with Crippen molar-refractivity contribution in [2.24, 2.45) is 11.8 Å². The van der Waals surface area contributed by atoms with Crippen molar-refractivity contribution in [2.45, 2.75) is 26.2 Å². The van der Waals surface area contributed by atoms with E-state index in [9.17, 15) is 9.59 Å². The second-order valence-corrected chi connectivity index (χ2v) is 10.1. The third-order valence-electron chi connectivity index (χ3n) is 6.29. The zero-order valence-electron chi connectivity index (χ0n) is 17.9. The van der Waals surface area contributed by atoms with Gasteiger partial charge >= 0.3 is 0 Å². The van der Waals surface area contributed by atoms with Crippen molar-refractivity contribution in [3.05, 3.63) is 52.5 Å². The molecule has 166 valence electrons. The first kappa shape index (κ1) is 21.4. The lowest BCUT2D eigenvalue weighted by Gasteiger charge is -2.13. The summed E-state index contributed by atoms with van der Waals surface area (Å²) in [5.74, 6) is 0.374. The Bertz CT molecular complexity index is 1170. The van der Waals surface area contributed by atoms with Crippen LogP contribution in [0, 0.1) is 18.8 Å². The molecule has 1 aromatic heterocycles. The highest BCUT2D eigenvalue weighted by Crippen LogP contribution is 2.41. The van der Waals surface area contributed by atoms with Crippen molar-refractivity contribution in [3.8, 4) is 0 Å². The fourth-order valence-corrected chi connectivity index (χ4v) is 5.54. The molecule has 2 atom stereocenters. The van der Waals surface area contributed by atoms with Gasteiger partial charge in [0, 0.05) is 18.0 Å². The lowest BCUT2D eigenvalue weighted by Crippen LogP contribution is -2.24. The van der Waals surface area contributed by atoms with Gasteiger partial charge in [0.25, 0.3) is 5.91 Å². The van der Waals surface area contributed by atoms with E-state index < -0.39 is 0 Å². The molecule has 2 fully saturated rings. The molecule has 1 aliphatic carbocycles. The molecule has 2 heterocycles. The molecule has 1 unspecified atom stereocenters. The number of amides is 2. The minimum Gasteiger partial charge on any atom is -0.320 e. The number of hydrogen-bond acceptors (Lipinski definition) is 5. The van der Waals surface area contributed by atoms with Gasteiger partial charge in [0.15, 0.2) is 5.13 Å². The number of likely N-dealkylation sites (tertiary alicyclic amines) is 1. The number of fused-ring (bicyclic) bond motifs is 1. The van der Waals surface area contributed by atoms with E-state index in [4.69, 9.17) is 11.6 Å². The monoisotopic (exact) mass is 468 g/mol. The number of halogens is 1. The number of rotatable bonds is 6. The first-order valence-electron chi connectivity index (χ1n) is 11.0. The van der Waals surface area contributed by atoms with Gasteiger partial charge in [0.1, 0.15) is 0 Å². The van der Waals surface area contributed by atoms with Gasteiger partial charge in [-0.3, -0.25) is 9.59 Å². The number of thiazole rings is 1. The number of hydrogen-bond donors (Lipinski definition) is 2. The number of benzene rings is 2. The maximum atomic E-state index is 12.8. The van der Waals surface area contributed by atoms with Gasteiger partial charge in [-0.25, -0.2) is 4.98 Å². The molecule has 0 spiro atoms. The van der Waals surface area contributed by atoms with E-state index >= 15 is 0 Å². The summed E-state index contributed by atoms with van der Waals surface area (Å²) in [5.41, 5.74) is 2.80. The summed E-state index contributed by atoms with van der Waals surface area (Å²) in [7, 11) is 0. The van der Waals surface area contributed by atoms with Gasteiger partial charge in [-0.1, -0.05) is 35.1 Å². The van der Waals surface area contributed by atoms with Crippen LogP contribution in [0.3, 0.4) is 0 Å². The van der Waals surface area contributed by atoms with Gasteiger partial charge < -0.3 is 15.5 Å². The number of para-hydroxylation sites is 1. The average molecular weight is 469 g/mol. The zero-order valence-corrected chi connectivity index (χ0v) is 19.4. The van der Waals surface area contributed by atoms with Crippen molar-refractivity contribution in [1.82, 2.24) is 9.88 Å². The van der Waals surface area contributed by atoms with Gasteiger partial charge in [0.05, 0.1) is 20.9 Å². The standard InChI is InChI=1S/C24H25ClN4O2S/c1-14-5-4-6-18(25)21(14)27-22(30)15-7-8-19-20(12-15)32-24(26-19)28-23(31)17-11-16(17)13-29-9-2-3-10-29/h4-8,12,16-17H,2-3,9-11,13H2,1H3,(H,27,30)(H,26,28,31)/t16-,17?/m0/s1. The Morgan fingerprint density at radius 2 is 2.00 bits per heavy atom. The number of carbonyl (C=O) groups is 2. The van der Waals surface area contributed by atoms with E-state index in [2.05, 4.69) is 20.5 Å². The van der Waals surface area contributed by atoms with E-state index in [1.807, 2.05) is 25.1 Å². The number of aryl methyl sites for hydroxylation is 1. The topological polar surface area (TPSA) is 74.3 Å². The predicted octanol–water partition coefficient (Wildman–Crippen LogP) is 5.18. The summed E-state index contributed by atoms with van der Waals surface area (Å²) in [4.78, 5) is 32.4. The predicted molar refractivity (Wildman–Crippen MR) is 130 cm³/mol. The summed E-state index contributed by atoms with van der Waals surface area (Å²) in [6.07, 6.45) is 3.50. The lowest BCUT2D eigenvalue weighted by atomic mass is 10.1. The van der Waals surface area contributed by atoms with E-state index in [1.165, 1.54) is 24.2 Å². The molecule has 6 nitrogen and oxygen atoms in total. The molecule has 8 heteroatoms. The molecule has 2 aromatic carbocycles. The maximum absolute atomic E-state index is 12.8. The Morgan fingerprint density at radius 1 is 1.19 bits per heavy atom. The highest BCUT2D eigenvalue weighted by atomic mass is 35.5. The fraction of sp³-hybridized carbons (Fsp3) is 0.375. The van der Waals surface area contributed by atoms with Crippen molar-refractivity contribution in [1.29, 1.82) is 0 Å². The molecule has 5 rings (SSSR count). The summed E-state index contributed by atoms with van der Waals surface area (Å²) >= 11 is 7.62. The smallest absolute Gasteiger partial charge is 0.255 e. The molecule has 32 heavy (non-hydrogen) atoms. The van der Waals surface area contributed by atoms with Crippen LogP contribution in [0.1, 0.15) is 35.2 Å². The third kappa shape index (κ3) is 4.51. The Balaban J connectivity index is 1.24.